The van der Waals surface area contributed by atoms with Gasteiger partial charge in [-0.25, -0.2) is 0 Å². The summed E-state index contributed by atoms with van der Waals surface area (Å²) in [6.45, 7) is 4.32. The SMILES string of the molecule is CCCC#COC(=O)CCCCCCC/C=C\CCCCCCCC. The molecule has 0 heterocycles. The van der Waals surface area contributed by atoms with Gasteiger partial charge in [-0.1, -0.05) is 83.3 Å². The van der Waals surface area contributed by atoms with Crippen LogP contribution in [0, 0.1) is 12.0 Å². The minimum Gasteiger partial charge on any atom is -0.372 e. The highest BCUT2D eigenvalue weighted by molar-refractivity contribution is 5.70. The average Bonchev–Trinajstić information content (AvgIpc) is 2.62. The molecule has 0 aliphatic rings. The van der Waals surface area contributed by atoms with Gasteiger partial charge in [-0.2, -0.15) is 0 Å². The first kappa shape index (κ1) is 23.8. The Hall–Kier alpha value is -1.23. The quantitative estimate of drug-likeness (QED) is 0.126. The van der Waals surface area contributed by atoms with Crippen LogP contribution >= 0.6 is 0 Å². The van der Waals surface area contributed by atoms with Crippen molar-refractivity contribution in [1.82, 2.24) is 0 Å². The van der Waals surface area contributed by atoms with Gasteiger partial charge < -0.3 is 4.74 Å². The van der Waals surface area contributed by atoms with Crippen molar-refractivity contribution in [3.8, 4) is 12.0 Å². The summed E-state index contributed by atoms with van der Waals surface area (Å²) < 4.78 is 4.85. The van der Waals surface area contributed by atoms with E-state index in [1.54, 1.807) is 0 Å². The number of unbranched alkanes of at least 4 members (excludes halogenated alkanes) is 12. The Kier molecular flexibility index (Phi) is 19.8. The molecule has 0 bridgehead atoms. The predicted octanol–water partition coefficient (Wildman–Crippen LogP) is 7.33. The number of allylic oxidation sites excluding steroid dienone is 2. The molecule has 0 aliphatic heterocycles. The second kappa shape index (κ2) is 20.8. The summed E-state index contributed by atoms with van der Waals surface area (Å²) in [6.07, 6.45) is 25.9. The molecule has 2 nitrogen and oxygen atoms in total. The molecule has 0 unspecified atom stereocenters. The number of carbonyl (C=O) groups is 1. The first-order valence-corrected chi connectivity index (χ1v) is 10.6. The Morgan fingerprint density at radius 3 is 1.92 bits per heavy atom. The lowest BCUT2D eigenvalue weighted by atomic mass is 10.1. The third kappa shape index (κ3) is 20.7. The van der Waals surface area contributed by atoms with Crippen molar-refractivity contribution in [1.29, 1.82) is 0 Å². The number of carbonyl (C=O) groups excluding carboxylic acids is 1. The van der Waals surface area contributed by atoms with Crippen LogP contribution in [0.5, 0.6) is 0 Å². The zero-order chi connectivity index (χ0) is 18.4. The van der Waals surface area contributed by atoms with E-state index in [4.69, 9.17) is 4.74 Å². The van der Waals surface area contributed by atoms with Crippen LogP contribution in [0.3, 0.4) is 0 Å². The summed E-state index contributed by atoms with van der Waals surface area (Å²) in [5.74, 6) is 2.64. The van der Waals surface area contributed by atoms with Crippen LogP contribution in [-0.2, 0) is 9.53 Å². The normalized spacial score (nSPS) is 10.6. The number of hydrogen-bond donors (Lipinski definition) is 0. The molecular formula is C23H40O2. The predicted molar refractivity (Wildman–Crippen MR) is 108 cm³/mol. The van der Waals surface area contributed by atoms with E-state index in [0.717, 1.165) is 25.7 Å². The van der Waals surface area contributed by atoms with Crippen LogP contribution in [0.1, 0.15) is 117 Å². The summed E-state index contributed by atoms with van der Waals surface area (Å²) in [5.41, 5.74) is 0. The molecule has 0 atom stereocenters. The van der Waals surface area contributed by atoms with Crippen LogP contribution in [-0.4, -0.2) is 5.97 Å². The second-order valence-corrected chi connectivity index (χ2v) is 6.84. The Labute approximate surface area is 156 Å². The zero-order valence-corrected chi connectivity index (χ0v) is 16.8. The first-order chi connectivity index (χ1) is 12.3. The Balaban J connectivity index is 3.24. The molecule has 0 aromatic heterocycles. The molecule has 0 aromatic rings. The lowest BCUT2D eigenvalue weighted by molar-refractivity contribution is -0.136. The fourth-order valence-electron chi connectivity index (χ4n) is 2.66. The van der Waals surface area contributed by atoms with Crippen molar-refractivity contribution in [3.63, 3.8) is 0 Å². The van der Waals surface area contributed by atoms with E-state index >= 15 is 0 Å². The van der Waals surface area contributed by atoms with Crippen LogP contribution in [0.15, 0.2) is 12.2 Å². The zero-order valence-electron chi connectivity index (χ0n) is 16.8. The Morgan fingerprint density at radius 1 is 0.760 bits per heavy atom. The van der Waals surface area contributed by atoms with Crippen molar-refractivity contribution < 1.29 is 9.53 Å². The van der Waals surface area contributed by atoms with Crippen molar-refractivity contribution in [2.24, 2.45) is 0 Å². The summed E-state index contributed by atoms with van der Waals surface area (Å²) in [5, 5.41) is 0. The van der Waals surface area contributed by atoms with Crippen molar-refractivity contribution >= 4 is 5.97 Å². The minimum absolute atomic E-state index is 0.179. The molecule has 25 heavy (non-hydrogen) atoms. The summed E-state index contributed by atoms with van der Waals surface area (Å²) in [6, 6.07) is 0. The van der Waals surface area contributed by atoms with E-state index in [1.807, 2.05) is 0 Å². The van der Waals surface area contributed by atoms with Crippen LogP contribution in [0.2, 0.25) is 0 Å². The Morgan fingerprint density at radius 2 is 1.32 bits per heavy atom. The molecule has 0 N–H and O–H groups in total. The highest BCUT2D eigenvalue weighted by Crippen LogP contribution is 2.10. The molecule has 0 aromatic carbocycles. The Bertz CT molecular complexity index is 373. The van der Waals surface area contributed by atoms with Crippen molar-refractivity contribution in [3.05, 3.63) is 12.2 Å². The van der Waals surface area contributed by atoms with Gasteiger partial charge in [0.05, 0.1) is 0 Å². The van der Waals surface area contributed by atoms with Gasteiger partial charge >= 0.3 is 5.97 Å². The van der Waals surface area contributed by atoms with Gasteiger partial charge in [0.25, 0.3) is 0 Å². The molecule has 0 rings (SSSR count). The van der Waals surface area contributed by atoms with E-state index in [2.05, 4.69) is 38.0 Å². The van der Waals surface area contributed by atoms with E-state index < -0.39 is 0 Å². The second-order valence-electron chi connectivity index (χ2n) is 6.84. The molecule has 0 amide bonds. The number of rotatable bonds is 16. The van der Waals surface area contributed by atoms with E-state index in [-0.39, 0.29) is 5.97 Å². The van der Waals surface area contributed by atoms with Crippen LogP contribution < -0.4 is 0 Å². The molecule has 0 aliphatic carbocycles. The van der Waals surface area contributed by atoms with Gasteiger partial charge in [0.15, 0.2) is 0 Å². The molecule has 0 fully saturated rings. The molecule has 0 saturated carbocycles. The van der Waals surface area contributed by atoms with Crippen LogP contribution in [0.4, 0.5) is 0 Å². The lowest BCUT2D eigenvalue weighted by Gasteiger charge is -2.00. The van der Waals surface area contributed by atoms with Crippen LogP contribution in [0.25, 0.3) is 0 Å². The van der Waals surface area contributed by atoms with Gasteiger partial charge in [0.2, 0.25) is 0 Å². The third-order valence-electron chi connectivity index (χ3n) is 4.25. The minimum atomic E-state index is -0.179. The number of ether oxygens (including phenoxy) is 1. The van der Waals surface area contributed by atoms with Gasteiger partial charge in [0, 0.05) is 12.8 Å². The number of esters is 1. The number of hydrogen-bond acceptors (Lipinski definition) is 2. The molecule has 2 heteroatoms. The maximum Gasteiger partial charge on any atom is 0.319 e. The molecule has 0 spiro atoms. The fourth-order valence-corrected chi connectivity index (χ4v) is 2.66. The maximum atomic E-state index is 11.4. The molecule has 144 valence electrons. The van der Waals surface area contributed by atoms with E-state index in [1.165, 1.54) is 70.6 Å². The summed E-state index contributed by atoms with van der Waals surface area (Å²) >= 11 is 0. The summed E-state index contributed by atoms with van der Waals surface area (Å²) in [4.78, 5) is 11.4. The third-order valence-corrected chi connectivity index (χ3v) is 4.25. The largest absolute Gasteiger partial charge is 0.372 e. The standard InChI is InChI=1S/C23H40O2/c1-3-5-7-8-9-10-11-12-13-14-15-16-17-18-19-21-23(24)25-22-20-6-4-2/h12-13H,3-11,14-19,21H2,1-2H3/b13-12-. The summed E-state index contributed by atoms with van der Waals surface area (Å²) in [7, 11) is 0. The topological polar surface area (TPSA) is 26.3 Å². The smallest absolute Gasteiger partial charge is 0.319 e. The lowest BCUT2D eigenvalue weighted by Crippen LogP contribution is -1.99. The maximum absolute atomic E-state index is 11.4. The monoisotopic (exact) mass is 348 g/mol. The van der Waals surface area contributed by atoms with Gasteiger partial charge in [-0.15, -0.1) is 0 Å². The molecular weight excluding hydrogens is 308 g/mol. The van der Waals surface area contributed by atoms with Crippen molar-refractivity contribution in [2.45, 2.75) is 117 Å². The highest BCUT2D eigenvalue weighted by atomic mass is 16.5. The molecule has 0 saturated heterocycles. The first-order valence-electron chi connectivity index (χ1n) is 10.6. The van der Waals surface area contributed by atoms with E-state index in [0.29, 0.717) is 6.42 Å². The van der Waals surface area contributed by atoms with Crippen molar-refractivity contribution in [2.75, 3.05) is 0 Å². The highest BCUT2D eigenvalue weighted by Gasteiger charge is 2.00. The molecule has 0 radical (unpaired) electrons. The van der Waals surface area contributed by atoms with E-state index in [9.17, 15) is 4.79 Å². The van der Waals surface area contributed by atoms with Gasteiger partial charge in [-0.05, 0) is 38.5 Å². The van der Waals surface area contributed by atoms with Gasteiger partial charge in [-0.3, -0.25) is 4.79 Å². The average molecular weight is 349 g/mol. The van der Waals surface area contributed by atoms with Gasteiger partial charge in [0.1, 0.15) is 6.11 Å². The fraction of sp³-hybridized carbons (Fsp3) is 0.783.